The number of benzene rings is 2. The molecule has 5 nitrogen and oxygen atoms in total. The van der Waals surface area contributed by atoms with Gasteiger partial charge in [-0.3, -0.25) is 0 Å². The van der Waals surface area contributed by atoms with Crippen LogP contribution in [0.2, 0.25) is 5.02 Å². The van der Waals surface area contributed by atoms with Crippen molar-refractivity contribution >= 4 is 21.6 Å². The molecule has 2 aromatic rings. The van der Waals surface area contributed by atoms with Gasteiger partial charge >= 0.3 is 0 Å². The molecule has 0 saturated carbocycles. The van der Waals surface area contributed by atoms with E-state index in [1.165, 1.54) is 12.1 Å². The number of aryl methyl sites for hydroxylation is 1. The summed E-state index contributed by atoms with van der Waals surface area (Å²) in [5.41, 5.74) is 1.02. The van der Waals surface area contributed by atoms with Gasteiger partial charge in [-0.25, -0.2) is 13.1 Å². The summed E-state index contributed by atoms with van der Waals surface area (Å²) in [5, 5.41) is 0.495. The fourth-order valence-electron chi connectivity index (χ4n) is 2.02. The Balaban J connectivity index is 1.89. The van der Waals surface area contributed by atoms with E-state index in [-0.39, 0.29) is 18.0 Å². The highest BCUT2D eigenvalue weighted by molar-refractivity contribution is 7.89. The third-order valence-corrected chi connectivity index (χ3v) is 4.97. The van der Waals surface area contributed by atoms with Gasteiger partial charge in [0.05, 0.1) is 16.5 Å². The number of nitrogens with one attached hydrogen (secondary N) is 1. The smallest absolute Gasteiger partial charge is 0.240 e. The van der Waals surface area contributed by atoms with Crippen molar-refractivity contribution in [2.24, 2.45) is 0 Å². The molecule has 2 rings (SSSR count). The Morgan fingerprint density at radius 1 is 1.08 bits per heavy atom. The highest BCUT2D eigenvalue weighted by Gasteiger charge is 2.13. The third kappa shape index (κ3) is 5.12. The van der Waals surface area contributed by atoms with E-state index >= 15 is 0 Å². The Bertz CT molecular complexity index is 776. The first-order chi connectivity index (χ1) is 11.4. The van der Waals surface area contributed by atoms with Crippen LogP contribution in [0.3, 0.4) is 0 Å². The second-order valence-electron chi connectivity index (χ2n) is 5.08. The summed E-state index contributed by atoms with van der Waals surface area (Å²) in [5.74, 6) is 1.17. The van der Waals surface area contributed by atoms with Crippen molar-refractivity contribution in [2.45, 2.75) is 18.7 Å². The summed E-state index contributed by atoms with van der Waals surface area (Å²) in [6.45, 7) is 4.65. The molecule has 0 aliphatic heterocycles. The summed E-state index contributed by atoms with van der Waals surface area (Å²) in [6, 6.07) is 11.7. The predicted octanol–water partition coefficient (Wildman–Crippen LogP) is 3.40. The largest absolute Gasteiger partial charge is 0.494 e. The average molecular weight is 370 g/mol. The topological polar surface area (TPSA) is 64.6 Å². The number of halogens is 1. The maximum Gasteiger partial charge on any atom is 0.240 e. The van der Waals surface area contributed by atoms with E-state index < -0.39 is 10.0 Å². The Kier molecular flexibility index (Phi) is 6.48. The van der Waals surface area contributed by atoms with Gasteiger partial charge in [-0.2, -0.15) is 0 Å². The van der Waals surface area contributed by atoms with E-state index in [2.05, 4.69) is 4.72 Å². The van der Waals surface area contributed by atoms with E-state index in [1.54, 1.807) is 18.2 Å². The summed E-state index contributed by atoms with van der Waals surface area (Å²) in [7, 11) is -3.58. The minimum Gasteiger partial charge on any atom is -0.494 e. The molecule has 0 heterocycles. The molecule has 0 aliphatic rings. The first kappa shape index (κ1) is 18.6. The molecule has 2 aromatic carbocycles. The van der Waals surface area contributed by atoms with Crippen molar-refractivity contribution < 1.29 is 17.9 Å². The molecule has 24 heavy (non-hydrogen) atoms. The van der Waals surface area contributed by atoms with Crippen molar-refractivity contribution in [2.75, 3.05) is 19.8 Å². The van der Waals surface area contributed by atoms with Crippen LogP contribution in [-0.2, 0) is 10.0 Å². The van der Waals surface area contributed by atoms with Gasteiger partial charge in [0.25, 0.3) is 0 Å². The van der Waals surface area contributed by atoms with Gasteiger partial charge < -0.3 is 9.47 Å². The summed E-state index contributed by atoms with van der Waals surface area (Å²) in [6.07, 6.45) is 0. The van der Waals surface area contributed by atoms with Gasteiger partial charge in [-0.15, -0.1) is 0 Å². The SMILES string of the molecule is CCOc1ccc(S(=O)(=O)NCCOc2cc(C)ccc2Cl)cc1. The highest BCUT2D eigenvalue weighted by Crippen LogP contribution is 2.25. The van der Waals surface area contributed by atoms with E-state index in [4.69, 9.17) is 21.1 Å². The van der Waals surface area contributed by atoms with Crippen LogP contribution in [-0.4, -0.2) is 28.2 Å². The van der Waals surface area contributed by atoms with Crippen LogP contribution in [0.4, 0.5) is 0 Å². The minimum absolute atomic E-state index is 0.139. The zero-order chi connectivity index (χ0) is 17.6. The summed E-state index contributed by atoms with van der Waals surface area (Å²) < 4.78 is 37.7. The molecule has 0 spiro atoms. The Morgan fingerprint density at radius 2 is 1.79 bits per heavy atom. The zero-order valence-electron chi connectivity index (χ0n) is 13.6. The van der Waals surface area contributed by atoms with Crippen LogP contribution in [0.25, 0.3) is 0 Å². The van der Waals surface area contributed by atoms with Crippen molar-refractivity contribution in [3.05, 3.63) is 53.1 Å². The normalized spacial score (nSPS) is 11.3. The number of ether oxygens (including phenoxy) is 2. The third-order valence-electron chi connectivity index (χ3n) is 3.18. The van der Waals surface area contributed by atoms with Crippen molar-refractivity contribution in [3.63, 3.8) is 0 Å². The molecule has 1 N–H and O–H groups in total. The van der Waals surface area contributed by atoms with Crippen LogP contribution in [0, 0.1) is 6.92 Å². The van der Waals surface area contributed by atoms with Gasteiger partial charge in [0.15, 0.2) is 0 Å². The summed E-state index contributed by atoms with van der Waals surface area (Å²) >= 11 is 6.03. The van der Waals surface area contributed by atoms with E-state index in [0.29, 0.717) is 23.1 Å². The lowest BCUT2D eigenvalue weighted by Gasteiger charge is -2.10. The number of hydrogen-bond acceptors (Lipinski definition) is 4. The molecule has 0 amide bonds. The van der Waals surface area contributed by atoms with Gasteiger partial charge in [0, 0.05) is 6.54 Å². The molecule has 0 radical (unpaired) electrons. The monoisotopic (exact) mass is 369 g/mol. The van der Waals surface area contributed by atoms with E-state index in [0.717, 1.165) is 5.56 Å². The molecule has 130 valence electrons. The van der Waals surface area contributed by atoms with Crippen LogP contribution in [0.1, 0.15) is 12.5 Å². The fraction of sp³-hybridized carbons (Fsp3) is 0.294. The highest BCUT2D eigenvalue weighted by atomic mass is 35.5. The van der Waals surface area contributed by atoms with Crippen LogP contribution < -0.4 is 14.2 Å². The van der Waals surface area contributed by atoms with E-state index in [1.807, 2.05) is 26.0 Å². The Morgan fingerprint density at radius 3 is 2.46 bits per heavy atom. The van der Waals surface area contributed by atoms with Gasteiger partial charge in [0.1, 0.15) is 18.1 Å². The quantitative estimate of drug-likeness (QED) is 0.724. The number of sulfonamides is 1. The van der Waals surface area contributed by atoms with Gasteiger partial charge in [-0.1, -0.05) is 17.7 Å². The molecule has 0 aliphatic carbocycles. The molecule has 0 fully saturated rings. The first-order valence-corrected chi connectivity index (χ1v) is 9.40. The lowest BCUT2D eigenvalue weighted by Crippen LogP contribution is -2.28. The van der Waals surface area contributed by atoms with Crippen molar-refractivity contribution in [1.82, 2.24) is 4.72 Å². The summed E-state index contributed by atoms with van der Waals surface area (Å²) in [4.78, 5) is 0.180. The first-order valence-electron chi connectivity index (χ1n) is 7.54. The maximum absolute atomic E-state index is 12.2. The molecular weight excluding hydrogens is 350 g/mol. The average Bonchev–Trinajstić information content (AvgIpc) is 2.55. The van der Waals surface area contributed by atoms with Crippen LogP contribution in [0.5, 0.6) is 11.5 Å². The second kappa shape index (κ2) is 8.37. The molecule has 0 bridgehead atoms. The minimum atomic E-state index is -3.58. The lowest BCUT2D eigenvalue weighted by molar-refractivity contribution is 0.323. The van der Waals surface area contributed by atoms with Crippen LogP contribution >= 0.6 is 11.6 Å². The predicted molar refractivity (Wildman–Crippen MR) is 94.5 cm³/mol. The van der Waals surface area contributed by atoms with Crippen LogP contribution in [0.15, 0.2) is 47.4 Å². The number of rotatable bonds is 8. The molecule has 0 aromatic heterocycles. The Hall–Kier alpha value is -1.76. The van der Waals surface area contributed by atoms with Gasteiger partial charge in [-0.05, 0) is 55.8 Å². The molecule has 0 saturated heterocycles. The molecule has 0 unspecified atom stereocenters. The maximum atomic E-state index is 12.2. The fourth-order valence-corrected chi connectivity index (χ4v) is 3.21. The Labute approximate surface area is 147 Å². The molecule has 7 heteroatoms. The number of hydrogen-bond donors (Lipinski definition) is 1. The molecule has 0 atom stereocenters. The van der Waals surface area contributed by atoms with E-state index in [9.17, 15) is 8.42 Å². The van der Waals surface area contributed by atoms with Crippen molar-refractivity contribution in [1.29, 1.82) is 0 Å². The molecular formula is C17H20ClNO4S. The lowest BCUT2D eigenvalue weighted by atomic mass is 10.2. The van der Waals surface area contributed by atoms with Crippen molar-refractivity contribution in [3.8, 4) is 11.5 Å². The zero-order valence-corrected chi connectivity index (χ0v) is 15.2. The second-order valence-corrected chi connectivity index (χ2v) is 7.26. The van der Waals surface area contributed by atoms with Gasteiger partial charge in [0.2, 0.25) is 10.0 Å². The standard InChI is InChI=1S/C17H20ClNO4S/c1-3-22-14-5-7-15(8-6-14)24(20,21)19-10-11-23-17-12-13(2)4-9-16(17)18/h4-9,12,19H,3,10-11H2,1-2H3.